The number of pyridine rings is 1. The minimum atomic E-state index is 0.0750. The van der Waals surface area contributed by atoms with E-state index in [1.807, 2.05) is 24.2 Å². The molecular weight excluding hydrogens is 360 g/mol. The molecule has 1 aromatic rings. The van der Waals surface area contributed by atoms with Crippen molar-refractivity contribution in [2.24, 2.45) is 5.92 Å². The maximum atomic E-state index is 12.6. The number of carbonyl (C=O) groups is 1. The Morgan fingerprint density at radius 1 is 1.26 bits per heavy atom. The molecule has 3 N–H and O–H groups in total. The van der Waals surface area contributed by atoms with E-state index >= 15 is 0 Å². The SMILES string of the molecule is Cc1cncc(NC2CCC3C(=O)NC(CSC4CCOCC4)NC3C2)c1. The van der Waals surface area contributed by atoms with Gasteiger partial charge in [-0.25, -0.2) is 0 Å². The van der Waals surface area contributed by atoms with Gasteiger partial charge in [0.05, 0.1) is 17.8 Å². The molecule has 1 saturated carbocycles. The van der Waals surface area contributed by atoms with E-state index in [4.69, 9.17) is 4.74 Å². The van der Waals surface area contributed by atoms with Crippen molar-refractivity contribution in [1.29, 1.82) is 0 Å². The highest BCUT2D eigenvalue weighted by Crippen LogP contribution is 2.30. The number of nitrogens with one attached hydrogen (secondary N) is 3. The van der Waals surface area contributed by atoms with Crippen LogP contribution in [0, 0.1) is 12.8 Å². The fourth-order valence-electron chi connectivity index (χ4n) is 4.41. The predicted molar refractivity (Wildman–Crippen MR) is 109 cm³/mol. The van der Waals surface area contributed by atoms with Crippen LogP contribution < -0.4 is 16.0 Å². The molecule has 3 heterocycles. The zero-order valence-corrected chi connectivity index (χ0v) is 16.8. The maximum absolute atomic E-state index is 12.6. The molecule has 0 bridgehead atoms. The molecule has 4 atom stereocenters. The van der Waals surface area contributed by atoms with Gasteiger partial charge in [0.25, 0.3) is 0 Å². The van der Waals surface area contributed by atoms with Gasteiger partial charge in [-0.1, -0.05) is 0 Å². The monoisotopic (exact) mass is 390 g/mol. The Hall–Kier alpha value is -1.31. The van der Waals surface area contributed by atoms with Crippen molar-refractivity contribution in [3.8, 4) is 0 Å². The van der Waals surface area contributed by atoms with Crippen LogP contribution >= 0.6 is 11.8 Å². The predicted octanol–water partition coefficient (Wildman–Crippen LogP) is 2.30. The van der Waals surface area contributed by atoms with Crippen LogP contribution in [-0.2, 0) is 9.53 Å². The van der Waals surface area contributed by atoms with E-state index in [2.05, 4.69) is 33.9 Å². The number of anilines is 1. The third-order valence-electron chi connectivity index (χ3n) is 5.83. The van der Waals surface area contributed by atoms with E-state index in [1.54, 1.807) is 0 Å². The Bertz CT molecular complexity index is 653. The molecule has 3 fully saturated rings. The van der Waals surface area contributed by atoms with Crippen LogP contribution in [0.5, 0.6) is 0 Å². The summed E-state index contributed by atoms with van der Waals surface area (Å²) in [6, 6.07) is 2.77. The van der Waals surface area contributed by atoms with E-state index in [0.717, 1.165) is 62.3 Å². The minimum Gasteiger partial charge on any atom is -0.381 e. The molecule has 7 heteroatoms. The number of nitrogens with zero attached hydrogens (tertiary/aromatic N) is 1. The number of ether oxygens (including phenoxy) is 1. The van der Waals surface area contributed by atoms with Crippen molar-refractivity contribution in [2.45, 2.75) is 62.5 Å². The van der Waals surface area contributed by atoms with Gasteiger partial charge in [0.2, 0.25) is 5.91 Å². The lowest BCUT2D eigenvalue weighted by Gasteiger charge is -2.43. The van der Waals surface area contributed by atoms with Crippen molar-refractivity contribution in [2.75, 3.05) is 24.3 Å². The van der Waals surface area contributed by atoms with Gasteiger partial charge in [0, 0.05) is 48.7 Å². The zero-order valence-electron chi connectivity index (χ0n) is 15.9. The third kappa shape index (κ3) is 4.95. The molecule has 27 heavy (non-hydrogen) atoms. The lowest BCUT2D eigenvalue weighted by molar-refractivity contribution is -0.130. The summed E-state index contributed by atoms with van der Waals surface area (Å²) in [7, 11) is 0. The molecule has 3 aliphatic rings. The van der Waals surface area contributed by atoms with Crippen LogP contribution in [0.25, 0.3) is 0 Å². The normalized spacial score (nSPS) is 31.8. The highest BCUT2D eigenvalue weighted by molar-refractivity contribution is 7.99. The lowest BCUT2D eigenvalue weighted by atomic mass is 9.79. The summed E-state index contributed by atoms with van der Waals surface area (Å²) in [5.41, 5.74) is 2.24. The van der Waals surface area contributed by atoms with Crippen LogP contribution in [0.3, 0.4) is 0 Å². The van der Waals surface area contributed by atoms with E-state index in [0.29, 0.717) is 11.3 Å². The average molecular weight is 391 g/mol. The molecule has 0 aromatic carbocycles. The van der Waals surface area contributed by atoms with Crippen molar-refractivity contribution in [3.05, 3.63) is 24.0 Å². The number of rotatable bonds is 5. The minimum absolute atomic E-state index is 0.0750. The summed E-state index contributed by atoms with van der Waals surface area (Å²) < 4.78 is 5.44. The van der Waals surface area contributed by atoms with Crippen LogP contribution in [0.15, 0.2) is 18.5 Å². The standard InChI is InChI=1S/C20H30N4O2S/c1-13-8-15(11-21-10-13)22-14-2-3-17-18(9-14)23-19(24-20(17)25)12-27-16-4-6-26-7-5-16/h8,10-11,14,16-19,22-23H,2-7,9,12H2,1H3,(H,24,25). The number of carbonyl (C=O) groups excluding carboxylic acids is 1. The van der Waals surface area contributed by atoms with Crippen LogP contribution in [0.4, 0.5) is 5.69 Å². The molecule has 0 radical (unpaired) electrons. The summed E-state index contributed by atoms with van der Waals surface area (Å²) in [6.45, 7) is 3.80. The molecule has 1 aliphatic carbocycles. The first-order valence-electron chi connectivity index (χ1n) is 10.1. The van der Waals surface area contributed by atoms with Gasteiger partial charge >= 0.3 is 0 Å². The fraction of sp³-hybridized carbons (Fsp3) is 0.700. The fourth-order valence-corrected chi connectivity index (χ4v) is 5.58. The van der Waals surface area contributed by atoms with E-state index < -0.39 is 0 Å². The van der Waals surface area contributed by atoms with Gasteiger partial charge in [-0.3, -0.25) is 15.1 Å². The molecule has 148 valence electrons. The molecule has 6 nitrogen and oxygen atoms in total. The Balaban J connectivity index is 1.31. The van der Waals surface area contributed by atoms with E-state index in [1.165, 1.54) is 0 Å². The number of hydrogen-bond donors (Lipinski definition) is 3. The van der Waals surface area contributed by atoms with Gasteiger partial charge in [0.15, 0.2) is 0 Å². The summed E-state index contributed by atoms with van der Waals surface area (Å²) in [4.78, 5) is 16.9. The van der Waals surface area contributed by atoms with Crippen LogP contribution in [0.2, 0.25) is 0 Å². The molecular formula is C20H30N4O2S. The van der Waals surface area contributed by atoms with Crippen molar-refractivity contribution < 1.29 is 9.53 Å². The van der Waals surface area contributed by atoms with Gasteiger partial charge in [-0.15, -0.1) is 0 Å². The second-order valence-electron chi connectivity index (χ2n) is 7.99. The number of amides is 1. The van der Waals surface area contributed by atoms with Crippen molar-refractivity contribution >= 4 is 23.4 Å². The Morgan fingerprint density at radius 2 is 2.11 bits per heavy atom. The summed E-state index contributed by atoms with van der Waals surface area (Å²) in [6.07, 6.45) is 8.99. The second kappa shape index (κ2) is 8.80. The van der Waals surface area contributed by atoms with Crippen molar-refractivity contribution in [1.82, 2.24) is 15.6 Å². The van der Waals surface area contributed by atoms with E-state index in [9.17, 15) is 4.79 Å². The van der Waals surface area contributed by atoms with Crippen molar-refractivity contribution in [3.63, 3.8) is 0 Å². The van der Waals surface area contributed by atoms with Crippen LogP contribution in [-0.4, -0.2) is 53.4 Å². The first kappa shape index (κ1) is 19.0. The van der Waals surface area contributed by atoms with E-state index in [-0.39, 0.29) is 24.0 Å². The van der Waals surface area contributed by atoms with Gasteiger partial charge < -0.3 is 15.4 Å². The topological polar surface area (TPSA) is 75.3 Å². The van der Waals surface area contributed by atoms with Gasteiger partial charge in [-0.2, -0.15) is 11.8 Å². The summed E-state index contributed by atoms with van der Waals surface area (Å²) in [5.74, 6) is 1.26. The molecule has 2 aliphatic heterocycles. The quantitative estimate of drug-likeness (QED) is 0.716. The number of thioether (sulfide) groups is 1. The molecule has 4 unspecified atom stereocenters. The maximum Gasteiger partial charge on any atom is 0.225 e. The molecule has 4 rings (SSSR count). The number of hydrogen-bond acceptors (Lipinski definition) is 6. The van der Waals surface area contributed by atoms with Crippen LogP contribution in [0.1, 0.15) is 37.7 Å². The number of aryl methyl sites for hydroxylation is 1. The molecule has 1 amide bonds. The molecule has 1 aromatic heterocycles. The largest absolute Gasteiger partial charge is 0.381 e. The molecule has 0 spiro atoms. The average Bonchev–Trinajstić information content (AvgIpc) is 2.67. The summed E-state index contributed by atoms with van der Waals surface area (Å²) >= 11 is 1.97. The molecule has 2 saturated heterocycles. The number of fused-ring (bicyclic) bond motifs is 1. The van der Waals surface area contributed by atoms with Gasteiger partial charge in [0.1, 0.15) is 0 Å². The number of aromatic nitrogens is 1. The smallest absolute Gasteiger partial charge is 0.225 e. The highest BCUT2D eigenvalue weighted by atomic mass is 32.2. The Morgan fingerprint density at radius 3 is 2.93 bits per heavy atom. The Labute approximate surface area is 165 Å². The highest BCUT2D eigenvalue weighted by Gasteiger charge is 2.40. The zero-order chi connectivity index (χ0) is 18.6. The lowest BCUT2D eigenvalue weighted by Crippen LogP contribution is -2.64. The first-order valence-corrected chi connectivity index (χ1v) is 11.2. The third-order valence-corrected chi connectivity index (χ3v) is 7.30. The Kier molecular flexibility index (Phi) is 6.20. The summed E-state index contributed by atoms with van der Waals surface area (Å²) in [5, 5.41) is 11.2. The second-order valence-corrected chi connectivity index (χ2v) is 9.32. The van der Waals surface area contributed by atoms with Gasteiger partial charge in [-0.05, 0) is 50.7 Å². The first-order chi connectivity index (χ1) is 13.2.